The molecule has 0 aromatic carbocycles. The fourth-order valence-corrected chi connectivity index (χ4v) is 2.36. The van der Waals surface area contributed by atoms with Gasteiger partial charge in [0, 0.05) is 11.3 Å². The fourth-order valence-electron chi connectivity index (χ4n) is 1.65. The second-order valence-corrected chi connectivity index (χ2v) is 4.85. The lowest BCUT2D eigenvalue weighted by Crippen LogP contribution is -2.27. The van der Waals surface area contributed by atoms with Gasteiger partial charge in [-0.25, -0.2) is 0 Å². The van der Waals surface area contributed by atoms with Gasteiger partial charge < -0.3 is 4.74 Å². The second kappa shape index (κ2) is 7.22. The summed E-state index contributed by atoms with van der Waals surface area (Å²) in [6.45, 7) is 4.04. The van der Waals surface area contributed by atoms with E-state index in [-0.39, 0.29) is 11.8 Å². The summed E-state index contributed by atoms with van der Waals surface area (Å²) >= 11 is 1.54. The first-order valence-corrected chi connectivity index (χ1v) is 6.78. The number of carbonyl (C=O) groups excluding carboxylic acids is 2. The Morgan fingerprint density at radius 2 is 2.18 bits per heavy atom. The molecule has 0 saturated heterocycles. The molecule has 0 radical (unpaired) electrons. The van der Waals surface area contributed by atoms with Crippen LogP contribution in [0.15, 0.2) is 17.5 Å². The quantitative estimate of drug-likeness (QED) is 0.555. The average molecular weight is 254 g/mol. The van der Waals surface area contributed by atoms with Crippen molar-refractivity contribution in [2.24, 2.45) is 5.92 Å². The van der Waals surface area contributed by atoms with Gasteiger partial charge in [0.1, 0.15) is 5.92 Å². The predicted octanol–water partition coefficient (Wildman–Crippen LogP) is 2.84. The minimum absolute atomic E-state index is 0.0345. The lowest BCUT2D eigenvalue weighted by molar-refractivity contribution is -0.151. The summed E-state index contributed by atoms with van der Waals surface area (Å²) in [7, 11) is 0. The Morgan fingerprint density at radius 1 is 1.41 bits per heavy atom. The molecule has 1 unspecified atom stereocenters. The zero-order valence-electron chi connectivity index (χ0n) is 10.3. The smallest absolute Gasteiger partial charge is 0.316 e. The Hall–Kier alpha value is -1.16. The monoisotopic (exact) mass is 254 g/mol. The molecule has 0 amide bonds. The molecule has 0 aliphatic heterocycles. The van der Waals surface area contributed by atoms with E-state index in [1.54, 1.807) is 6.92 Å². The highest BCUT2D eigenvalue weighted by Crippen LogP contribution is 2.16. The molecule has 0 saturated carbocycles. The van der Waals surface area contributed by atoms with E-state index in [4.69, 9.17) is 4.74 Å². The van der Waals surface area contributed by atoms with E-state index in [1.165, 1.54) is 11.3 Å². The van der Waals surface area contributed by atoms with E-state index < -0.39 is 5.92 Å². The molecule has 0 N–H and O–H groups in total. The number of Topliss-reactive ketones (excluding diaryl/α,β-unsaturated/α-hetero) is 1. The Balaban J connectivity index is 2.63. The molecular weight excluding hydrogens is 236 g/mol. The number of ether oxygens (including phenoxy) is 1. The van der Waals surface area contributed by atoms with Crippen LogP contribution in [0.3, 0.4) is 0 Å². The van der Waals surface area contributed by atoms with Gasteiger partial charge in [-0.1, -0.05) is 19.4 Å². The largest absolute Gasteiger partial charge is 0.465 e. The van der Waals surface area contributed by atoms with Gasteiger partial charge in [-0.05, 0) is 24.8 Å². The Kier molecular flexibility index (Phi) is 5.91. The lowest BCUT2D eigenvalue weighted by Gasteiger charge is -2.12. The van der Waals surface area contributed by atoms with E-state index in [1.807, 2.05) is 24.4 Å². The summed E-state index contributed by atoms with van der Waals surface area (Å²) < 4.78 is 4.94. The van der Waals surface area contributed by atoms with E-state index >= 15 is 0 Å². The highest BCUT2D eigenvalue weighted by Gasteiger charge is 2.26. The van der Waals surface area contributed by atoms with Crippen molar-refractivity contribution in [1.29, 1.82) is 0 Å². The van der Waals surface area contributed by atoms with Crippen molar-refractivity contribution in [3.05, 3.63) is 22.4 Å². The van der Waals surface area contributed by atoms with Crippen molar-refractivity contribution >= 4 is 23.1 Å². The molecule has 1 aromatic rings. The van der Waals surface area contributed by atoms with Crippen LogP contribution in [0.5, 0.6) is 0 Å². The number of hydrogen-bond donors (Lipinski definition) is 0. The van der Waals surface area contributed by atoms with Crippen molar-refractivity contribution in [3.8, 4) is 0 Å². The van der Waals surface area contributed by atoms with Crippen molar-refractivity contribution in [1.82, 2.24) is 0 Å². The third-order valence-corrected chi connectivity index (χ3v) is 3.34. The Labute approximate surface area is 106 Å². The topological polar surface area (TPSA) is 43.4 Å². The van der Waals surface area contributed by atoms with Gasteiger partial charge in [0.25, 0.3) is 0 Å². The van der Waals surface area contributed by atoms with Gasteiger partial charge in [-0.3, -0.25) is 9.59 Å². The summed E-state index contributed by atoms with van der Waals surface area (Å²) in [5.41, 5.74) is 0. The first kappa shape index (κ1) is 13.9. The summed E-state index contributed by atoms with van der Waals surface area (Å²) in [5.74, 6) is -1.01. The molecule has 0 spiro atoms. The normalized spacial score (nSPS) is 12.1. The summed E-state index contributed by atoms with van der Waals surface area (Å²) in [6.07, 6.45) is 1.71. The van der Waals surface area contributed by atoms with Gasteiger partial charge in [0.05, 0.1) is 6.61 Å². The third-order valence-electron chi connectivity index (χ3n) is 2.47. The molecule has 3 nitrogen and oxygen atoms in total. The van der Waals surface area contributed by atoms with Gasteiger partial charge in [0.2, 0.25) is 0 Å². The molecule has 0 bridgehead atoms. The standard InChI is InChI=1S/C13H18O3S/c1-3-6-11(13(15)16-4-2)12(14)9-10-7-5-8-17-10/h5,7-8,11H,3-4,6,9H2,1-2H3. The molecule has 17 heavy (non-hydrogen) atoms. The number of ketones is 1. The van der Waals surface area contributed by atoms with Gasteiger partial charge in [-0.15, -0.1) is 11.3 Å². The van der Waals surface area contributed by atoms with Crippen LogP contribution in [-0.4, -0.2) is 18.4 Å². The highest BCUT2D eigenvalue weighted by atomic mass is 32.1. The van der Waals surface area contributed by atoms with Gasteiger partial charge >= 0.3 is 5.97 Å². The second-order valence-electron chi connectivity index (χ2n) is 3.82. The maximum absolute atomic E-state index is 12.0. The fraction of sp³-hybridized carbons (Fsp3) is 0.538. The van der Waals surface area contributed by atoms with Crippen LogP contribution >= 0.6 is 11.3 Å². The molecule has 1 atom stereocenters. The minimum Gasteiger partial charge on any atom is -0.465 e. The van der Waals surface area contributed by atoms with Crippen LogP contribution in [0.1, 0.15) is 31.6 Å². The SMILES string of the molecule is CCCC(C(=O)Cc1cccs1)C(=O)OCC. The van der Waals surface area contributed by atoms with Crippen molar-refractivity contribution in [2.45, 2.75) is 33.1 Å². The molecule has 94 valence electrons. The predicted molar refractivity (Wildman–Crippen MR) is 68.1 cm³/mol. The zero-order chi connectivity index (χ0) is 12.7. The van der Waals surface area contributed by atoms with Gasteiger partial charge in [0.15, 0.2) is 5.78 Å². The molecule has 0 aliphatic carbocycles. The van der Waals surface area contributed by atoms with Crippen LogP contribution < -0.4 is 0 Å². The molecule has 1 heterocycles. The summed E-state index contributed by atoms with van der Waals surface area (Å²) in [5, 5.41) is 1.93. The number of rotatable bonds is 7. The Morgan fingerprint density at radius 3 is 2.71 bits per heavy atom. The maximum Gasteiger partial charge on any atom is 0.316 e. The van der Waals surface area contributed by atoms with Crippen LogP contribution in [0.4, 0.5) is 0 Å². The number of thiophene rings is 1. The van der Waals surface area contributed by atoms with Crippen LogP contribution in [0.2, 0.25) is 0 Å². The van der Waals surface area contributed by atoms with E-state index in [0.29, 0.717) is 19.4 Å². The van der Waals surface area contributed by atoms with E-state index in [0.717, 1.165) is 11.3 Å². The first-order valence-electron chi connectivity index (χ1n) is 5.90. The zero-order valence-corrected chi connectivity index (χ0v) is 11.1. The highest BCUT2D eigenvalue weighted by molar-refractivity contribution is 7.10. The maximum atomic E-state index is 12.0. The van der Waals surface area contributed by atoms with Crippen LogP contribution in [-0.2, 0) is 20.7 Å². The first-order chi connectivity index (χ1) is 8.19. The number of hydrogen-bond acceptors (Lipinski definition) is 4. The molecule has 1 aromatic heterocycles. The molecule has 0 aliphatic rings. The van der Waals surface area contributed by atoms with E-state index in [9.17, 15) is 9.59 Å². The number of esters is 1. The van der Waals surface area contributed by atoms with Crippen molar-refractivity contribution in [3.63, 3.8) is 0 Å². The molecule has 1 rings (SSSR count). The summed E-state index contributed by atoms with van der Waals surface area (Å²) in [4.78, 5) is 24.7. The van der Waals surface area contributed by atoms with Crippen LogP contribution in [0.25, 0.3) is 0 Å². The molecular formula is C13H18O3S. The average Bonchev–Trinajstić information content (AvgIpc) is 2.78. The lowest BCUT2D eigenvalue weighted by atomic mass is 9.96. The van der Waals surface area contributed by atoms with Crippen molar-refractivity contribution < 1.29 is 14.3 Å². The molecule has 4 heteroatoms. The minimum atomic E-state index is -0.595. The summed E-state index contributed by atoms with van der Waals surface area (Å²) in [6, 6.07) is 3.82. The van der Waals surface area contributed by atoms with E-state index in [2.05, 4.69) is 0 Å². The Bertz CT molecular complexity index is 357. The van der Waals surface area contributed by atoms with Gasteiger partial charge in [-0.2, -0.15) is 0 Å². The van der Waals surface area contributed by atoms with Crippen LogP contribution in [0, 0.1) is 5.92 Å². The van der Waals surface area contributed by atoms with Crippen molar-refractivity contribution in [2.75, 3.05) is 6.61 Å². The number of carbonyl (C=O) groups is 2. The third kappa shape index (κ3) is 4.30. The molecule has 0 fully saturated rings.